The molecule has 1 aliphatic rings. The summed E-state index contributed by atoms with van der Waals surface area (Å²) in [5.41, 5.74) is -0.142. The lowest BCUT2D eigenvalue weighted by Gasteiger charge is -2.14. The van der Waals surface area contributed by atoms with Crippen LogP contribution < -0.4 is 0 Å². The molecule has 1 atom stereocenters. The summed E-state index contributed by atoms with van der Waals surface area (Å²) in [7, 11) is 0. The van der Waals surface area contributed by atoms with Crippen molar-refractivity contribution in [3.63, 3.8) is 0 Å². The smallest absolute Gasteiger partial charge is 0.229 e. The molecule has 1 heterocycles. The quantitative estimate of drug-likeness (QED) is 0.524. The number of rotatable bonds is 2. The predicted molar refractivity (Wildman–Crippen MR) is 69.2 cm³/mol. The van der Waals surface area contributed by atoms with Gasteiger partial charge in [0.1, 0.15) is 0 Å². The first-order valence-corrected chi connectivity index (χ1v) is 6.96. The van der Waals surface area contributed by atoms with Crippen molar-refractivity contribution in [2.24, 2.45) is 0 Å². The van der Waals surface area contributed by atoms with Crippen LogP contribution in [0.3, 0.4) is 0 Å². The molecule has 106 valence electrons. The first kappa shape index (κ1) is 13.6. The molecule has 0 saturated carbocycles. The molecule has 1 unspecified atom stereocenters. The van der Waals surface area contributed by atoms with Crippen molar-refractivity contribution in [2.75, 3.05) is 0 Å². The number of hydrogen-bond donors (Lipinski definition) is 0. The monoisotopic (exact) mass is 303 g/mol. The summed E-state index contributed by atoms with van der Waals surface area (Å²) in [4.78, 5) is 35.7. The Bertz CT molecular complexity index is 845. The number of benzene rings is 1. The largest absolute Gasteiger partial charge is 0.768 e. The van der Waals surface area contributed by atoms with Crippen LogP contribution in [0.2, 0.25) is 0 Å². The third kappa shape index (κ3) is 1.82. The van der Waals surface area contributed by atoms with E-state index in [1.807, 2.05) is 0 Å². The standard InChI is InChI=1S/C14H8O6S/c1-6(15)12-14(21(18)19)9-10(16)7-4-2-3-5-8(7)11(17)13(9)20-12/h2-5H,1H3,(H,18,19)/p-1. The van der Waals surface area contributed by atoms with Gasteiger partial charge in [0.15, 0.2) is 23.1 Å². The molecule has 7 heteroatoms. The molecule has 2 aromatic rings. The molecular weight excluding hydrogens is 296 g/mol. The van der Waals surface area contributed by atoms with Crippen molar-refractivity contribution < 1.29 is 27.6 Å². The fourth-order valence-electron chi connectivity index (χ4n) is 2.31. The molecule has 0 N–H and O–H groups in total. The normalized spacial score (nSPS) is 14.6. The first-order chi connectivity index (χ1) is 9.93. The van der Waals surface area contributed by atoms with E-state index in [0.29, 0.717) is 0 Å². The minimum atomic E-state index is -2.87. The Morgan fingerprint density at radius 1 is 1.14 bits per heavy atom. The van der Waals surface area contributed by atoms with Gasteiger partial charge in [-0.3, -0.25) is 18.6 Å². The van der Waals surface area contributed by atoms with Crippen molar-refractivity contribution in [1.29, 1.82) is 0 Å². The first-order valence-electron chi connectivity index (χ1n) is 5.89. The maximum absolute atomic E-state index is 12.4. The van der Waals surface area contributed by atoms with E-state index in [1.165, 1.54) is 12.1 Å². The summed E-state index contributed by atoms with van der Waals surface area (Å²) in [6.45, 7) is 1.10. The number of carbonyl (C=O) groups is 3. The average Bonchev–Trinajstić information content (AvgIpc) is 2.86. The van der Waals surface area contributed by atoms with Crippen LogP contribution in [0.4, 0.5) is 0 Å². The molecule has 0 spiro atoms. The Hall–Kier alpha value is -2.38. The lowest BCUT2D eigenvalue weighted by Crippen LogP contribution is -2.20. The fraction of sp³-hybridized carbons (Fsp3) is 0.0714. The average molecular weight is 303 g/mol. The number of fused-ring (bicyclic) bond motifs is 2. The molecule has 0 aliphatic heterocycles. The SMILES string of the molecule is CC(=O)c1oc2c(c1S(=O)[O-])C(=O)c1ccccc1C2=O. The second kappa shape index (κ2) is 4.57. The lowest BCUT2D eigenvalue weighted by molar-refractivity contribution is 0.0947. The number of carbonyl (C=O) groups excluding carboxylic acids is 3. The highest BCUT2D eigenvalue weighted by atomic mass is 32.2. The lowest BCUT2D eigenvalue weighted by atomic mass is 9.88. The van der Waals surface area contributed by atoms with Gasteiger partial charge in [0.2, 0.25) is 5.78 Å². The van der Waals surface area contributed by atoms with Gasteiger partial charge in [-0.05, 0) is 11.1 Å². The Morgan fingerprint density at radius 3 is 2.24 bits per heavy atom. The highest BCUT2D eigenvalue weighted by molar-refractivity contribution is 7.79. The molecule has 3 rings (SSSR count). The van der Waals surface area contributed by atoms with E-state index in [1.54, 1.807) is 12.1 Å². The molecule has 1 aliphatic carbocycles. The van der Waals surface area contributed by atoms with Crippen LogP contribution in [-0.4, -0.2) is 26.1 Å². The molecule has 0 saturated heterocycles. The highest BCUT2D eigenvalue weighted by Crippen LogP contribution is 2.34. The van der Waals surface area contributed by atoms with Crippen LogP contribution >= 0.6 is 0 Å². The van der Waals surface area contributed by atoms with Crippen molar-refractivity contribution in [1.82, 2.24) is 0 Å². The zero-order valence-corrected chi connectivity index (χ0v) is 11.5. The summed E-state index contributed by atoms with van der Waals surface area (Å²) < 4.78 is 27.8. The maximum atomic E-state index is 12.4. The van der Waals surface area contributed by atoms with E-state index in [-0.39, 0.29) is 16.7 Å². The van der Waals surface area contributed by atoms with Gasteiger partial charge in [0, 0.05) is 18.1 Å². The van der Waals surface area contributed by atoms with E-state index >= 15 is 0 Å². The molecule has 1 aromatic heterocycles. The molecule has 21 heavy (non-hydrogen) atoms. The Kier molecular flexibility index (Phi) is 2.96. The van der Waals surface area contributed by atoms with E-state index in [2.05, 4.69) is 0 Å². The Morgan fingerprint density at radius 2 is 1.71 bits per heavy atom. The van der Waals surface area contributed by atoms with Gasteiger partial charge in [-0.2, -0.15) is 0 Å². The van der Waals surface area contributed by atoms with Gasteiger partial charge in [0.25, 0.3) is 0 Å². The topological polar surface area (TPSA) is 104 Å². The summed E-state index contributed by atoms with van der Waals surface area (Å²) in [6, 6.07) is 6.02. The van der Waals surface area contributed by atoms with Gasteiger partial charge in [-0.25, -0.2) is 0 Å². The highest BCUT2D eigenvalue weighted by Gasteiger charge is 2.38. The minimum absolute atomic E-state index is 0.0950. The number of Topliss-reactive ketones (excluding diaryl/α,β-unsaturated/α-hetero) is 1. The molecule has 0 radical (unpaired) electrons. The third-order valence-electron chi connectivity index (χ3n) is 3.20. The molecular formula is C14H7O6S-. The van der Waals surface area contributed by atoms with Crippen molar-refractivity contribution in [3.05, 3.63) is 52.5 Å². The predicted octanol–water partition coefficient (Wildman–Crippen LogP) is 1.50. The Labute approximate surface area is 121 Å². The summed E-state index contributed by atoms with van der Waals surface area (Å²) in [6.07, 6.45) is 0. The third-order valence-corrected chi connectivity index (χ3v) is 3.92. The van der Waals surface area contributed by atoms with E-state index < -0.39 is 44.8 Å². The Balaban J connectivity index is 2.38. The minimum Gasteiger partial charge on any atom is -0.768 e. The van der Waals surface area contributed by atoms with E-state index in [0.717, 1.165) is 6.92 Å². The van der Waals surface area contributed by atoms with Crippen molar-refractivity contribution >= 4 is 28.4 Å². The van der Waals surface area contributed by atoms with Crippen molar-refractivity contribution in [2.45, 2.75) is 11.8 Å². The zero-order valence-electron chi connectivity index (χ0n) is 10.7. The second-order valence-electron chi connectivity index (χ2n) is 4.46. The summed E-state index contributed by atoms with van der Waals surface area (Å²) >= 11 is -2.87. The maximum Gasteiger partial charge on any atom is 0.229 e. The van der Waals surface area contributed by atoms with E-state index in [9.17, 15) is 23.1 Å². The molecule has 6 nitrogen and oxygen atoms in total. The van der Waals surface area contributed by atoms with Gasteiger partial charge in [-0.1, -0.05) is 24.3 Å². The van der Waals surface area contributed by atoms with Gasteiger partial charge < -0.3 is 8.97 Å². The van der Waals surface area contributed by atoms with Crippen LogP contribution in [-0.2, 0) is 11.1 Å². The molecule has 0 bridgehead atoms. The number of ketones is 3. The zero-order chi connectivity index (χ0) is 15.3. The second-order valence-corrected chi connectivity index (χ2v) is 5.34. The van der Waals surface area contributed by atoms with Crippen molar-refractivity contribution in [3.8, 4) is 0 Å². The summed E-state index contributed by atoms with van der Waals surface area (Å²) in [5.74, 6) is -2.82. The van der Waals surface area contributed by atoms with Gasteiger partial charge in [0.05, 0.1) is 10.5 Å². The number of hydrogen-bond acceptors (Lipinski definition) is 6. The molecule has 0 fully saturated rings. The fourth-order valence-corrected chi connectivity index (χ4v) is 3.00. The van der Waals surface area contributed by atoms with Crippen LogP contribution in [0.25, 0.3) is 0 Å². The van der Waals surface area contributed by atoms with Gasteiger partial charge in [-0.15, -0.1) is 0 Å². The van der Waals surface area contributed by atoms with Crippen LogP contribution in [0.15, 0.2) is 33.6 Å². The number of furan rings is 1. The molecule has 0 amide bonds. The molecule has 1 aromatic carbocycles. The van der Waals surface area contributed by atoms with E-state index in [4.69, 9.17) is 4.42 Å². The van der Waals surface area contributed by atoms with Crippen LogP contribution in [0.5, 0.6) is 0 Å². The van der Waals surface area contributed by atoms with Crippen LogP contribution in [0, 0.1) is 0 Å². The van der Waals surface area contributed by atoms with Crippen LogP contribution in [0.1, 0.15) is 49.5 Å². The van der Waals surface area contributed by atoms with Gasteiger partial charge >= 0.3 is 0 Å². The summed E-state index contributed by atoms with van der Waals surface area (Å²) in [5, 5.41) is 0.